The van der Waals surface area contributed by atoms with E-state index in [-0.39, 0.29) is 0 Å². The van der Waals surface area contributed by atoms with Crippen LogP contribution in [0.15, 0.2) is 18.2 Å². The van der Waals surface area contributed by atoms with Gasteiger partial charge in [0.1, 0.15) is 12.4 Å². The van der Waals surface area contributed by atoms with Gasteiger partial charge >= 0.3 is 0 Å². The summed E-state index contributed by atoms with van der Waals surface area (Å²) >= 11 is 5.75. The van der Waals surface area contributed by atoms with Crippen LogP contribution < -0.4 is 5.32 Å². The summed E-state index contributed by atoms with van der Waals surface area (Å²) in [4.78, 5) is 10.9. The molecule has 1 aromatic carbocycles. The minimum absolute atomic E-state index is 0.300. The monoisotopic (exact) mass is 257 g/mol. The van der Waals surface area contributed by atoms with E-state index >= 15 is 0 Å². The molecule has 1 aromatic rings. The summed E-state index contributed by atoms with van der Waals surface area (Å²) in [6.07, 6.45) is -0.975. The average molecular weight is 258 g/mol. The standard InChI is InChI=1S/C12H16ClNO3/c1-14-5-4-11(16)12(17)10-3-2-9(13)6-8(10)7-15/h2-3,6-7,11-12,14,16-17H,4-5H2,1H3. The van der Waals surface area contributed by atoms with E-state index in [4.69, 9.17) is 11.6 Å². The number of carbonyl (C=O) groups excluding carboxylic acids is 1. The molecule has 0 aliphatic carbocycles. The first-order valence-corrected chi connectivity index (χ1v) is 5.73. The lowest BCUT2D eigenvalue weighted by Gasteiger charge is -2.19. The van der Waals surface area contributed by atoms with Crippen LogP contribution in [0.2, 0.25) is 5.02 Å². The first kappa shape index (κ1) is 14.1. The number of hydrogen-bond acceptors (Lipinski definition) is 4. The minimum atomic E-state index is -1.08. The van der Waals surface area contributed by atoms with Gasteiger partial charge in [0, 0.05) is 10.6 Å². The normalized spacial score (nSPS) is 14.4. The molecule has 0 aromatic heterocycles. The maximum Gasteiger partial charge on any atom is 0.150 e. The fourth-order valence-electron chi connectivity index (χ4n) is 1.57. The van der Waals surface area contributed by atoms with E-state index in [1.807, 2.05) is 0 Å². The number of benzene rings is 1. The third-order valence-electron chi connectivity index (χ3n) is 2.55. The predicted octanol–water partition coefficient (Wildman–Crippen LogP) is 1.16. The van der Waals surface area contributed by atoms with Crippen LogP contribution in [0.1, 0.15) is 28.4 Å². The molecular formula is C12H16ClNO3. The highest BCUT2D eigenvalue weighted by molar-refractivity contribution is 6.30. The van der Waals surface area contributed by atoms with Crippen molar-refractivity contribution in [3.8, 4) is 0 Å². The van der Waals surface area contributed by atoms with Crippen LogP contribution >= 0.6 is 11.6 Å². The second kappa shape index (κ2) is 6.71. The second-order valence-corrected chi connectivity index (χ2v) is 4.23. The number of hydrogen-bond donors (Lipinski definition) is 3. The Labute approximate surface area is 105 Å². The Balaban J connectivity index is 2.87. The SMILES string of the molecule is CNCCC(O)C(O)c1ccc(Cl)cc1C=O. The number of aliphatic hydroxyl groups excluding tert-OH is 2. The lowest BCUT2D eigenvalue weighted by Crippen LogP contribution is -2.24. The smallest absolute Gasteiger partial charge is 0.150 e. The maximum atomic E-state index is 10.9. The van der Waals surface area contributed by atoms with E-state index in [9.17, 15) is 15.0 Å². The number of carbonyl (C=O) groups is 1. The summed E-state index contributed by atoms with van der Waals surface area (Å²) in [6, 6.07) is 4.61. The highest BCUT2D eigenvalue weighted by Gasteiger charge is 2.20. The van der Waals surface area contributed by atoms with Gasteiger partial charge in [-0.05, 0) is 37.7 Å². The van der Waals surface area contributed by atoms with Crippen molar-refractivity contribution < 1.29 is 15.0 Å². The number of nitrogens with one attached hydrogen (secondary N) is 1. The molecule has 1 rings (SSSR count). The number of halogens is 1. The summed E-state index contributed by atoms with van der Waals surface area (Å²) in [5.74, 6) is 0. The van der Waals surface area contributed by atoms with E-state index < -0.39 is 12.2 Å². The average Bonchev–Trinajstić information content (AvgIpc) is 2.34. The van der Waals surface area contributed by atoms with E-state index in [0.29, 0.717) is 35.4 Å². The molecule has 0 aliphatic heterocycles. The Morgan fingerprint density at radius 2 is 2.18 bits per heavy atom. The van der Waals surface area contributed by atoms with Crippen LogP contribution in [-0.2, 0) is 0 Å². The zero-order valence-electron chi connectivity index (χ0n) is 9.56. The first-order valence-electron chi connectivity index (χ1n) is 5.35. The fourth-order valence-corrected chi connectivity index (χ4v) is 1.75. The van der Waals surface area contributed by atoms with E-state index in [0.717, 1.165) is 0 Å². The minimum Gasteiger partial charge on any atom is -0.390 e. The molecule has 0 aliphatic rings. The summed E-state index contributed by atoms with van der Waals surface area (Å²) < 4.78 is 0. The molecule has 0 amide bonds. The molecule has 5 heteroatoms. The third-order valence-corrected chi connectivity index (χ3v) is 2.78. The molecule has 0 heterocycles. The van der Waals surface area contributed by atoms with E-state index in [1.54, 1.807) is 19.2 Å². The van der Waals surface area contributed by atoms with Gasteiger partial charge in [0.2, 0.25) is 0 Å². The van der Waals surface area contributed by atoms with Gasteiger partial charge in [0.05, 0.1) is 6.10 Å². The van der Waals surface area contributed by atoms with Gasteiger partial charge in [0.25, 0.3) is 0 Å². The quantitative estimate of drug-likeness (QED) is 0.669. The largest absolute Gasteiger partial charge is 0.390 e. The number of rotatable bonds is 6. The van der Waals surface area contributed by atoms with Gasteiger partial charge in [-0.2, -0.15) is 0 Å². The number of aldehydes is 1. The molecule has 4 nitrogen and oxygen atoms in total. The van der Waals surface area contributed by atoms with Crippen molar-refractivity contribution in [1.82, 2.24) is 5.32 Å². The lowest BCUT2D eigenvalue weighted by molar-refractivity contribution is 0.0137. The number of aliphatic hydroxyl groups is 2. The molecule has 0 spiro atoms. The summed E-state index contributed by atoms with van der Waals surface area (Å²) in [6.45, 7) is 0.586. The Hall–Kier alpha value is -0.940. The van der Waals surface area contributed by atoms with Gasteiger partial charge in [-0.1, -0.05) is 17.7 Å². The van der Waals surface area contributed by atoms with Crippen LogP contribution in [0.3, 0.4) is 0 Å². The molecule has 0 saturated carbocycles. The van der Waals surface area contributed by atoms with Crippen LogP contribution in [0.25, 0.3) is 0 Å². The molecule has 2 atom stereocenters. The van der Waals surface area contributed by atoms with Gasteiger partial charge in [-0.25, -0.2) is 0 Å². The molecule has 94 valence electrons. The lowest BCUT2D eigenvalue weighted by atomic mass is 9.98. The summed E-state index contributed by atoms with van der Waals surface area (Å²) in [5.41, 5.74) is 0.696. The van der Waals surface area contributed by atoms with Crippen LogP contribution in [0.5, 0.6) is 0 Å². The second-order valence-electron chi connectivity index (χ2n) is 3.80. The molecule has 17 heavy (non-hydrogen) atoms. The van der Waals surface area contributed by atoms with Crippen molar-refractivity contribution in [2.24, 2.45) is 0 Å². The van der Waals surface area contributed by atoms with Crippen LogP contribution in [-0.4, -0.2) is 36.2 Å². The highest BCUT2D eigenvalue weighted by atomic mass is 35.5. The van der Waals surface area contributed by atoms with Gasteiger partial charge in [-0.15, -0.1) is 0 Å². The maximum absolute atomic E-state index is 10.9. The van der Waals surface area contributed by atoms with Crippen LogP contribution in [0, 0.1) is 0 Å². The third kappa shape index (κ3) is 3.78. The Morgan fingerprint density at radius 3 is 2.76 bits per heavy atom. The Bertz CT molecular complexity index is 384. The Kier molecular flexibility index (Phi) is 5.58. The van der Waals surface area contributed by atoms with Crippen LogP contribution in [0.4, 0.5) is 0 Å². The summed E-state index contributed by atoms with van der Waals surface area (Å²) in [7, 11) is 1.76. The van der Waals surface area contributed by atoms with E-state index in [1.165, 1.54) is 6.07 Å². The topological polar surface area (TPSA) is 69.6 Å². The van der Waals surface area contributed by atoms with Crippen molar-refractivity contribution >= 4 is 17.9 Å². The van der Waals surface area contributed by atoms with Gasteiger partial charge in [0.15, 0.2) is 0 Å². The Morgan fingerprint density at radius 1 is 1.47 bits per heavy atom. The molecule has 3 N–H and O–H groups in total. The molecule has 2 unspecified atom stereocenters. The zero-order valence-corrected chi connectivity index (χ0v) is 10.3. The molecule has 0 radical (unpaired) electrons. The summed E-state index contributed by atoms with van der Waals surface area (Å²) in [5, 5.41) is 23.0. The molecule has 0 fully saturated rings. The van der Waals surface area contributed by atoms with Crippen molar-refractivity contribution in [2.45, 2.75) is 18.6 Å². The van der Waals surface area contributed by atoms with Gasteiger partial charge < -0.3 is 15.5 Å². The van der Waals surface area contributed by atoms with Crippen molar-refractivity contribution in [3.63, 3.8) is 0 Å². The predicted molar refractivity (Wildman–Crippen MR) is 66.3 cm³/mol. The van der Waals surface area contributed by atoms with Crippen molar-refractivity contribution in [1.29, 1.82) is 0 Å². The van der Waals surface area contributed by atoms with Crippen molar-refractivity contribution in [3.05, 3.63) is 34.3 Å². The highest BCUT2D eigenvalue weighted by Crippen LogP contribution is 2.24. The zero-order chi connectivity index (χ0) is 12.8. The van der Waals surface area contributed by atoms with E-state index in [2.05, 4.69) is 5.32 Å². The first-order chi connectivity index (χ1) is 8.10. The molecule has 0 bridgehead atoms. The fraction of sp³-hybridized carbons (Fsp3) is 0.417. The van der Waals surface area contributed by atoms with Gasteiger partial charge in [-0.3, -0.25) is 4.79 Å². The molecular weight excluding hydrogens is 242 g/mol. The van der Waals surface area contributed by atoms with Crippen molar-refractivity contribution in [2.75, 3.05) is 13.6 Å². The molecule has 0 saturated heterocycles.